The molecule has 1 aromatic carbocycles. The molecule has 0 radical (unpaired) electrons. The number of hydrogen-bond acceptors (Lipinski definition) is 5. The van der Waals surface area contributed by atoms with Crippen molar-refractivity contribution in [3.63, 3.8) is 0 Å². The number of likely N-dealkylation sites (tertiary alicyclic amines) is 1. The summed E-state index contributed by atoms with van der Waals surface area (Å²) in [5.74, 6) is 0.978. The lowest BCUT2D eigenvalue weighted by Crippen LogP contribution is -2.42. The first kappa shape index (κ1) is 17.0. The minimum atomic E-state index is -3.64. The summed E-state index contributed by atoms with van der Waals surface area (Å²) < 4.78 is 33.9. The van der Waals surface area contributed by atoms with Gasteiger partial charge in [0.05, 0.1) is 17.9 Å². The number of benzene rings is 1. The smallest absolute Gasteiger partial charge is 0.300 e. The van der Waals surface area contributed by atoms with Gasteiger partial charge in [-0.25, -0.2) is 0 Å². The van der Waals surface area contributed by atoms with Gasteiger partial charge in [0.25, 0.3) is 0 Å². The summed E-state index contributed by atoms with van der Waals surface area (Å²) in [5.41, 5.74) is 6.94. The molecule has 0 spiro atoms. The zero-order chi connectivity index (χ0) is 17.3. The van der Waals surface area contributed by atoms with Crippen molar-refractivity contribution in [2.45, 2.75) is 25.9 Å². The van der Waals surface area contributed by atoms with Gasteiger partial charge in [-0.15, -0.1) is 0 Å². The van der Waals surface area contributed by atoms with Crippen LogP contribution in [0.4, 0.5) is 5.69 Å². The quantitative estimate of drug-likeness (QED) is 0.730. The molecule has 2 heterocycles. The molecule has 1 saturated heterocycles. The molecular weight excluding hydrogens is 332 g/mol. The maximum atomic E-state index is 11.7. The number of carbonyl (C=O) groups is 1. The Labute approximate surface area is 141 Å². The molecule has 1 aromatic rings. The average Bonchev–Trinajstić information content (AvgIpc) is 2.99. The number of hydrogen-bond donors (Lipinski definition) is 3. The largest absolute Gasteiger partial charge is 0.493 e. The van der Waals surface area contributed by atoms with E-state index in [9.17, 15) is 13.2 Å². The van der Waals surface area contributed by atoms with Gasteiger partial charge in [0.15, 0.2) is 0 Å². The highest BCUT2D eigenvalue weighted by Gasteiger charge is 2.30. The monoisotopic (exact) mass is 354 g/mol. The summed E-state index contributed by atoms with van der Waals surface area (Å²) >= 11 is 0. The van der Waals surface area contributed by atoms with Crippen molar-refractivity contribution in [1.29, 1.82) is 0 Å². The summed E-state index contributed by atoms with van der Waals surface area (Å²) in [6.07, 6.45) is 0.558. The SMILES string of the molecule is CCC(=O)N1CCC(COc2cccc3c2C(N)NS(=O)(=O)N3)C1. The van der Waals surface area contributed by atoms with Crippen LogP contribution in [0.3, 0.4) is 0 Å². The van der Waals surface area contributed by atoms with Gasteiger partial charge in [-0.3, -0.25) is 9.52 Å². The van der Waals surface area contributed by atoms with Gasteiger partial charge in [0.1, 0.15) is 11.9 Å². The van der Waals surface area contributed by atoms with Crippen molar-refractivity contribution >= 4 is 21.8 Å². The van der Waals surface area contributed by atoms with E-state index in [0.717, 1.165) is 13.0 Å². The highest BCUT2D eigenvalue weighted by molar-refractivity contribution is 7.90. The molecule has 0 saturated carbocycles. The number of amides is 1. The molecule has 1 amide bonds. The fourth-order valence-corrected chi connectivity index (χ4v) is 4.09. The molecule has 9 heteroatoms. The van der Waals surface area contributed by atoms with E-state index in [-0.39, 0.29) is 11.8 Å². The first-order valence-corrected chi connectivity index (χ1v) is 9.47. The van der Waals surface area contributed by atoms with E-state index in [2.05, 4.69) is 9.44 Å². The normalized spacial score (nSPS) is 25.0. The van der Waals surface area contributed by atoms with Gasteiger partial charge in [0.2, 0.25) is 5.91 Å². The summed E-state index contributed by atoms with van der Waals surface area (Å²) in [5, 5.41) is 0. The first-order chi connectivity index (χ1) is 11.4. The Morgan fingerprint density at radius 1 is 1.46 bits per heavy atom. The van der Waals surface area contributed by atoms with E-state index in [1.165, 1.54) is 0 Å². The van der Waals surface area contributed by atoms with Gasteiger partial charge in [-0.1, -0.05) is 13.0 Å². The molecule has 0 bridgehead atoms. The van der Waals surface area contributed by atoms with E-state index in [4.69, 9.17) is 10.5 Å². The Morgan fingerprint density at radius 3 is 3.00 bits per heavy atom. The summed E-state index contributed by atoms with van der Waals surface area (Å²) in [6, 6.07) is 5.14. The summed E-state index contributed by atoms with van der Waals surface area (Å²) in [6.45, 7) is 3.77. The number of anilines is 1. The topological polar surface area (TPSA) is 114 Å². The molecule has 8 nitrogen and oxygen atoms in total. The second kappa shape index (κ2) is 6.58. The molecule has 132 valence electrons. The average molecular weight is 354 g/mol. The lowest BCUT2D eigenvalue weighted by Gasteiger charge is -2.27. The number of rotatable bonds is 4. The minimum Gasteiger partial charge on any atom is -0.493 e. The van der Waals surface area contributed by atoms with Crippen molar-refractivity contribution in [2.24, 2.45) is 11.7 Å². The molecule has 1 fully saturated rings. The Balaban J connectivity index is 1.68. The van der Waals surface area contributed by atoms with Crippen LogP contribution in [0.5, 0.6) is 5.75 Å². The van der Waals surface area contributed by atoms with E-state index >= 15 is 0 Å². The number of ether oxygens (including phenoxy) is 1. The van der Waals surface area contributed by atoms with Gasteiger partial charge < -0.3 is 15.4 Å². The predicted octanol–water partition coefficient (Wildman–Crippen LogP) is 0.541. The van der Waals surface area contributed by atoms with Crippen molar-refractivity contribution in [3.05, 3.63) is 23.8 Å². The van der Waals surface area contributed by atoms with Gasteiger partial charge in [-0.2, -0.15) is 13.1 Å². The lowest BCUT2D eigenvalue weighted by molar-refractivity contribution is -0.129. The zero-order valence-corrected chi connectivity index (χ0v) is 14.3. The molecule has 2 aliphatic rings. The van der Waals surface area contributed by atoms with Crippen LogP contribution >= 0.6 is 0 Å². The molecule has 0 aliphatic carbocycles. The Hall–Kier alpha value is -1.84. The predicted molar refractivity (Wildman–Crippen MR) is 89.5 cm³/mol. The number of fused-ring (bicyclic) bond motifs is 1. The van der Waals surface area contributed by atoms with Crippen molar-refractivity contribution in [3.8, 4) is 5.75 Å². The molecule has 0 aromatic heterocycles. The Morgan fingerprint density at radius 2 is 2.25 bits per heavy atom. The van der Waals surface area contributed by atoms with Crippen molar-refractivity contribution < 1.29 is 17.9 Å². The highest BCUT2D eigenvalue weighted by atomic mass is 32.2. The van der Waals surface area contributed by atoms with Crippen LogP contribution in [0.15, 0.2) is 18.2 Å². The maximum absolute atomic E-state index is 11.7. The van der Waals surface area contributed by atoms with E-state index in [1.807, 2.05) is 11.8 Å². The fourth-order valence-electron chi connectivity index (χ4n) is 3.11. The van der Waals surface area contributed by atoms with E-state index < -0.39 is 16.4 Å². The van der Waals surface area contributed by atoms with Crippen molar-refractivity contribution in [2.75, 3.05) is 24.4 Å². The number of nitrogens with one attached hydrogen (secondary N) is 2. The summed E-state index contributed by atoms with van der Waals surface area (Å²) in [4.78, 5) is 13.6. The van der Waals surface area contributed by atoms with Crippen LogP contribution in [0.1, 0.15) is 31.5 Å². The number of nitrogens with two attached hydrogens (primary N) is 1. The van der Waals surface area contributed by atoms with Crippen LogP contribution < -0.4 is 19.9 Å². The third-order valence-corrected chi connectivity index (χ3v) is 5.37. The van der Waals surface area contributed by atoms with Crippen LogP contribution in [-0.2, 0) is 15.0 Å². The summed E-state index contributed by atoms with van der Waals surface area (Å²) in [7, 11) is -3.64. The fraction of sp³-hybridized carbons (Fsp3) is 0.533. The van der Waals surface area contributed by atoms with Gasteiger partial charge in [-0.05, 0) is 18.6 Å². The van der Waals surface area contributed by atoms with E-state index in [1.54, 1.807) is 18.2 Å². The zero-order valence-electron chi connectivity index (χ0n) is 13.5. The molecule has 3 rings (SSSR count). The molecule has 4 N–H and O–H groups in total. The van der Waals surface area contributed by atoms with Crippen LogP contribution in [0, 0.1) is 5.92 Å². The highest BCUT2D eigenvalue weighted by Crippen LogP contribution is 2.34. The van der Waals surface area contributed by atoms with E-state index in [0.29, 0.717) is 36.6 Å². The second-order valence-corrected chi connectivity index (χ2v) is 7.52. The van der Waals surface area contributed by atoms with Crippen LogP contribution in [-0.4, -0.2) is 38.9 Å². The molecule has 2 aliphatic heterocycles. The first-order valence-electron chi connectivity index (χ1n) is 7.98. The Kier molecular flexibility index (Phi) is 4.66. The molecule has 2 atom stereocenters. The third-order valence-electron chi connectivity index (χ3n) is 4.32. The lowest BCUT2D eigenvalue weighted by atomic mass is 10.1. The maximum Gasteiger partial charge on any atom is 0.300 e. The molecular formula is C15H22N4O4S. The standard InChI is InChI=1S/C15H22N4O4S/c1-2-13(20)19-7-6-10(8-19)9-23-12-5-3-4-11-14(12)15(16)18-24(21,22)17-11/h3-5,10,15,17-18H,2,6-9,16H2,1H3. The molecule has 2 unspecified atom stereocenters. The Bertz CT molecular complexity index is 737. The van der Waals surface area contributed by atoms with Gasteiger partial charge in [0, 0.05) is 25.4 Å². The van der Waals surface area contributed by atoms with Crippen LogP contribution in [0.25, 0.3) is 0 Å². The molecule has 24 heavy (non-hydrogen) atoms. The van der Waals surface area contributed by atoms with Crippen LogP contribution in [0.2, 0.25) is 0 Å². The number of nitrogens with zero attached hydrogens (tertiary/aromatic N) is 1. The second-order valence-electron chi connectivity index (χ2n) is 6.08. The van der Waals surface area contributed by atoms with Crippen molar-refractivity contribution in [1.82, 2.24) is 9.62 Å². The third kappa shape index (κ3) is 3.47. The number of carbonyl (C=O) groups excluding carboxylic acids is 1. The van der Waals surface area contributed by atoms with Gasteiger partial charge >= 0.3 is 10.2 Å². The minimum absolute atomic E-state index is 0.162.